The summed E-state index contributed by atoms with van der Waals surface area (Å²) in [5.41, 5.74) is 1.74. The van der Waals surface area contributed by atoms with Crippen molar-refractivity contribution in [3.8, 4) is 0 Å². The first kappa shape index (κ1) is 13.6. The van der Waals surface area contributed by atoms with Crippen molar-refractivity contribution in [2.75, 3.05) is 6.54 Å². The number of nitrogens with zero attached hydrogens (tertiary/aromatic N) is 3. The lowest BCUT2D eigenvalue weighted by molar-refractivity contribution is -0.131. The van der Waals surface area contributed by atoms with Gasteiger partial charge in [0.2, 0.25) is 11.8 Å². The van der Waals surface area contributed by atoms with Gasteiger partial charge in [0.05, 0.1) is 11.6 Å². The lowest BCUT2D eigenvalue weighted by Crippen LogP contribution is -2.44. The first-order chi connectivity index (χ1) is 8.88. The third kappa shape index (κ3) is 2.77. The number of rotatable bonds is 2. The van der Waals surface area contributed by atoms with Crippen LogP contribution in [0.4, 0.5) is 0 Å². The second kappa shape index (κ2) is 5.03. The van der Waals surface area contributed by atoms with Gasteiger partial charge in [-0.3, -0.25) is 14.3 Å². The first-order valence-corrected chi connectivity index (χ1v) is 6.46. The van der Waals surface area contributed by atoms with E-state index in [9.17, 15) is 9.59 Å². The van der Waals surface area contributed by atoms with Gasteiger partial charge < -0.3 is 10.2 Å². The Kier molecular flexibility index (Phi) is 3.59. The molecule has 0 saturated carbocycles. The van der Waals surface area contributed by atoms with Crippen molar-refractivity contribution >= 4 is 11.8 Å². The fourth-order valence-electron chi connectivity index (χ4n) is 2.38. The maximum absolute atomic E-state index is 12.3. The van der Waals surface area contributed by atoms with Crippen molar-refractivity contribution in [1.29, 1.82) is 0 Å². The van der Waals surface area contributed by atoms with Crippen LogP contribution in [0.2, 0.25) is 0 Å². The fraction of sp³-hybridized carbons (Fsp3) is 0.615. The molecular formula is C13H20N4O2. The van der Waals surface area contributed by atoms with Crippen molar-refractivity contribution in [2.45, 2.75) is 39.3 Å². The fourth-order valence-corrected chi connectivity index (χ4v) is 2.38. The monoisotopic (exact) mass is 264 g/mol. The average molecular weight is 264 g/mol. The van der Waals surface area contributed by atoms with Crippen LogP contribution >= 0.6 is 0 Å². The molecule has 19 heavy (non-hydrogen) atoms. The number of amides is 2. The van der Waals surface area contributed by atoms with Gasteiger partial charge in [0.1, 0.15) is 0 Å². The van der Waals surface area contributed by atoms with Gasteiger partial charge in [0.15, 0.2) is 0 Å². The van der Waals surface area contributed by atoms with Gasteiger partial charge in [0.25, 0.3) is 0 Å². The zero-order valence-electron chi connectivity index (χ0n) is 11.8. The van der Waals surface area contributed by atoms with Gasteiger partial charge >= 0.3 is 0 Å². The molecule has 104 valence electrons. The highest BCUT2D eigenvalue weighted by molar-refractivity contribution is 5.85. The quantitative estimate of drug-likeness (QED) is 0.840. The number of fused-ring (bicyclic) bond motifs is 1. The van der Waals surface area contributed by atoms with E-state index in [2.05, 4.69) is 10.4 Å². The van der Waals surface area contributed by atoms with E-state index in [0.717, 1.165) is 11.3 Å². The Morgan fingerprint density at radius 1 is 1.47 bits per heavy atom. The lowest BCUT2D eigenvalue weighted by atomic mass is 9.95. The molecule has 2 amide bonds. The molecular weight excluding hydrogens is 244 g/mol. The van der Waals surface area contributed by atoms with Gasteiger partial charge in [-0.05, 0) is 13.8 Å². The molecule has 1 N–H and O–H groups in total. The maximum atomic E-state index is 12.3. The van der Waals surface area contributed by atoms with E-state index in [-0.39, 0.29) is 23.8 Å². The van der Waals surface area contributed by atoms with Crippen LogP contribution in [0.5, 0.6) is 0 Å². The summed E-state index contributed by atoms with van der Waals surface area (Å²) in [6.07, 6.45) is 1.88. The molecule has 2 rings (SSSR count). The molecule has 1 aromatic heterocycles. The van der Waals surface area contributed by atoms with Gasteiger partial charge in [-0.1, -0.05) is 0 Å². The Hall–Kier alpha value is -1.85. The summed E-state index contributed by atoms with van der Waals surface area (Å²) in [4.78, 5) is 25.5. The third-order valence-electron chi connectivity index (χ3n) is 3.22. The SMILES string of the molecule is CC(=O)N1Cc2cn(C)nc2[C@H](C(=O)NC(C)C)C1. The molecule has 0 radical (unpaired) electrons. The zero-order valence-corrected chi connectivity index (χ0v) is 11.8. The van der Waals surface area contributed by atoms with Crippen LogP contribution in [0.15, 0.2) is 6.20 Å². The lowest BCUT2D eigenvalue weighted by Gasteiger charge is -2.30. The van der Waals surface area contributed by atoms with Gasteiger partial charge in [-0.25, -0.2) is 0 Å². The molecule has 0 unspecified atom stereocenters. The van der Waals surface area contributed by atoms with Gasteiger partial charge in [-0.2, -0.15) is 5.10 Å². The molecule has 1 aromatic rings. The Balaban J connectivity index is 2.30. The van der Waals surface area contributed by atoms with Crippen molar-refractivity contribution in [3.05, 3.63) is 17.5 Å². The highest BCUT2D eigenvalue weighted by Crippen LogP contribution is 2.27. The van der Waals surface area contributed by atoms with E-state index in [1.54, 1.807) is 9.58 Å². The molecule has 1 aliphatic heterocycles. The summed E-state index contributed by atoms with van der Waals surface area (Å²) in [5.74, 6) is -0.464. The molecule has 6 nitrogen and oxygen atoms in total. The van der Waals surface area contributed by atoms with E-state index in [4.69, 9.17) is 0 Å². The normalized spacial score (nSPS) is 18.4. The largest absolute Gasteiger partial charge is 0.353 e. The summed E-state index contributed by atoms with van der Waals surface area (Å²) < 4.78 is 1.70. The number of carbonyl (C=O) groups excluding carboxylic acids is 2. The number of aromatic nitrogens is 2. The topological polar surface area (TPSA) is 67.2 Å². The van der Waals surface area contributed by atoms with Crippen LogP contribution in [-0.2, 0) is 23.2 Å². The number of nitrogens with one attached hydrogen (secondary N) is 1. The number of carbonyl (C=O) groups is 2. The Labute approximate surface area is 112 Å². The zero-order chi connectivity index (χ0) is 14.2. The van der Waals surface area contributed by atoms with Crippen molar-refractivity contribution < 1.29 is 9.59 Å². The van der Waals surface area contributed by atoms with Gasteiger partial charge in [0, 0.05) is 44.9 Å². The van der Waals surface area contributed by atoms with Crippen LogP contribution in [0, 0.1) is 0 Å². The Morgan fingerprint density at radius 2 is 2.16 bits per heavy atom. The molecule has 0 saturated heterocycles. The highest BCUT2D eigenvalue weighted by atomic mass is 16.2. The summed E-state index contributed by atoms with van der Waals surface area (Å²) in [7, 11) is 1.83. The van der Waals surface area contributed by atoms with E-state index in [0.29, 0.717) is 13.1 Å². The number of aryl methyl sites for hydroxylation is 1. The molecule has 6 heteroatoms. The molecule has 0 aliphatic carbocycles. The highest BCUT2D eigenvalue weighted by Gasteiger charge is 2.34. The second-order valence-corrected chi connectivity index (χ2v) is 5.33. The minimum Gasteiger partial charge on any atom is -0.353 e. The van der Waals surface area contributed by atoms with Crippen LogP contribution in [0.3, 0.4) is 0 Å². The summed E-state index contributed by atoms with van der Waals surface area (Å²) in [5, 5.41) is 7.27. The third-order valence-corrected chi connectivity index (χ3v) is 3.22. The molecule has 2 heterocycles. The number of hydrogen-bond acceptors (Lipinski definition) is 3. The second-order valence-electron chi connectivity index (χ2n) is 5.33. The molecule has 0 fully saturated rings. The predicted octanol–water partition coefficient (Wildman–Crippen LogP) is 0.390. The maximum Gasteiger partial charge on any atom is 0.231 e. The molecule has 0 bridgehead atoms. The van der Waals surface area contributed by atoms with Crippen LogP contribution in [-0.4, -0.2) is 39.1 Å². The minimum atomic E-state index is -0.378. The van der Waals surface area contributed by atoms with E-state index < -0.39 is 0 Å². The molecule has 0 spiro atoms. The minimum absolute atomic E-state index is 0.0168. The summed E-state index contributed by atoms with van der Waals surface area (Å²) in [6, 6.07) is 0.0763. The molecule has 1 atom stereocenters. The summed E-state index contributed by atoms with van der Waals surface area (Å²) >= 11 is 0. The standard InChI is InChI=1S/C13H20N4O2/c1-8(2)14-13(19)11-7-17(9(3)18)6-10-5-16(4)15-12(10)11/h5,8,11H,6-7H2,1-4H3,(H,14,19)/t11-/m1/s1. The van der Waals surface area contributed by atoms with Crippen LogP contribution < -0.4 is 5.32 Å². The van der Waals surface area contributed by atoms with E-state index in [1.807, 2.05) is 27.1 Å². The number of hydrogen-bond donors (Lipinski definition) is 1. The summed E-state index contributed by atoms with van der Waals surface area (Å²) in [6.45, 7) is 6.30. The van der Waals surface area contributed by atoms with E-state index in [1.165, 1.54) is 6.92 Å². The predicted molar refractivity (Wildman–Crippen MR) is 70.3 cm³/mol. The van der Waals surface area contributed by atoms with Crippen LogP contribution in [0.1, 0.15) is 37.9 Å². The van der Waals surface area contributed by atoms with Crippen molar-refractivity contribution in [3.63, 3.8) is 0 Å². The van der Waals surface area contributed by atoms with Crippen LogP contribution in [0.25, 0.3) is 0 Å². The first-order valence-electron chi connectivity index (χ1n) is 6.46. The molecule has 0 aromatic carbocycles. The molecule has 1 aliphatic rings. The van der Waals surface area contributed by atoms with Gasteiger partial charge in [-0.15, -0.1) is 0 Å². The smallest absolute Gasteiger partial charge is 0.231 e. The average Bonchev–Trinajstić information content (AvgIpc) is 2.66. The Bertz CT molecular complexity index is 507. The Morgan fingerprint density at radius 3 is 2.74 bits per heavy atom. The van der Waals surface area contributed by atoms with E-state index >= 15 is 0 Å². The van der Waals surface area contributed by atoms with Crippen molar-refractivity contribution in [2.24, 2.45) is 7.05 Å². The van der Waals surface area contributed by atoms with Crippen molar-refractivity contribution in [1.82, 2.24) is 20.0 Å².